The first kappa shape index (κ1) is 15.0. The molecule has 0 aromatic carbocycles. The molecule has 1 N–H and O–H groups in total. The van der Waals surface area contributed by atoms with Gasteiger partial charge in [0, 0.05) is 12.5 Å². The first-order valence-corrected chi connectivity index (χ1v) is 5.50. The molecule has 13 heavy (non-hydrogen) atoms. The van der Waals surface area contributed by atoms with Gasteiger partial charge in [-0.1, -0.05) is 40.5 Å². The molecule has 0 aromatic heterocycles. The van der Waals surface area contributed by atoms with Crippen molar-refractivity contribution in [3.63, 3.8) is 0 Å². The highest BCUT2D eigenvalue weighted by atomic mass is 16.1. The van der Waals surface area contributed by atoms with Crippen LogP contribution < -0.4 is 5.32 Å². The number of carbonyl (C=O) groups excluding carboxylic acids is 1. The summed E-state index contributed by atoms with van der Waals surface area (Å²) in [7, 11) is 0. The summed E-state index contributed by atoms with van der Waals surface area (Å²) in [5, 5.41) is 2.82. The van der Waals surface area contributed by atoms with Gasteiger partial charge in [0.2, 0.25) is 5.91 Å². The SMILES string of the molecule is CC.CCCCC(C)C(=O)NCC. The molecule has 2 nitrogen and oxygen atoms in total. The van der Waals surface area contributed by atoms with Crippen LogP contribution in [0.4, 0.5) is 0 Å². The summed E-state index contributed by atoms with van der Waals surface area (Å²) in [4.78, 5) is 11.1. The zero-order valence-corrected chi connectivity index (χ0v) is 9.81. The Bertz CT molecular complexity index is 113. The topological polar surface area (TPSA) is 29.1 Å². The Morgan fingerprint density at radius 3 is 2.23 bits per heavy atom. The largest absolute Gasteiger partial charge is 0.356 e. The second kappa shape index (κ2) is 11.5. The van der Waals surface area contributed by atoms with Crippen molar-refractivity contribution in [1.29, 1.82) is 0 Å². The van der Waals surface area contributed by atoms with Gasteiger partial charge in [0.05, 0.1) is 0 Å². The fourth-order valence-electron chi connectivity index (χ4n) is 0.990. The normalized spacial score (nSPS) is 11.2. The van der Waals surface area contributed by atoms with Crippen molar-refractivity contribution >= 4 is 5.91 Å². The van der Waals surface area contributed by atoms with Gasteiger partial charge in [-0.05, 0) is 13.3 Å². The van der Waals surface area contributed by atoms with Crippen molar-refractivity contribution in [3.05, 3.63) is 0 Å². The number of rotatable bonds is 5. The van der Waals surface area contributed by atoms with E-state index in [9.17, 15) is 4.79 Å². The lowest BCUT2D eigenvalue weighted by Gasteiger charge is -2.09. The van der Waals surface area contributed by atoms with Crippen molar-refractivity contribution in [2.24, 2.45) is 5.92 Å². The highest BCUT2D eigenvalue weighted by molar-refractivity contribution is 5.78. The van der Waals surface area contributed by atoms with Gasteiger partial charge in [-0.15, -0.1) is 0 Å². The highest BCUT2D eigenvalue weighted by Crippen LogP contribution is 2.06. The van der Waals surface area contributed by atoms with Crippen LogP contribution in [0.5, 0.6) is 0 Å². The van der Waals surface area contributed by atoms with Crippen LogP contribution in [0.25, 0.3) is 0 Å². The highest BCUT2D eigenvalue weighted by Gasteiger charge is 2.09. The van der Waals surface area contributed by atoms with Gasteiger partial charge in [-0.3, -0.25) is 4.79 Å². The molecule has 0 aliphatic heterocycles. The van der Waals surface area contributed by atoms with Crippen LogP contribution in [0.1, 0.15) is 53.9 Å². The molecule has 0 aliphatic rings. The molecular formula is C11H25NO. The average molecular weight is 187 g/mol. The number of unbranched alkanes of at least 4 members (excludes halogenated alkanes) is 1. The Labute approximate surface area is 83.1 Å². The molecule has 0 bridgehead atoms. The summed E-state index contributed by atoms with van der Waals surface area (Å²) in [6.07, 6.45) is 3.34. The maximum atomic E-state index is 11.1. The van der Waals surface area contributed by atoms with Crippen molar-refractivity contribution in [2.75, 3.05) is 6.54 Å². The lowest BCUT2D eigenvalue weighted by Crippen LogP contribution is -2.28. The third kappa shape index (κ3) is 9.38. The second-order valence-corrected chi connectivity index (χ2v) is 2.94. The van der Waals surface area contributed by atoms with Crippen LogP contribution in [-0.2, 0) is 4.79 Å². The summed E-state index contributed by atoms with van der Waals surface area (Å²) >= 11 is 0. The van der Waals surface area contributed by atoms with E-state index in [-0.39, 0.29) is 11.8 Å². The zero-order chi connectivity index (χ0) is 10.7. The van der Waals surface area contributed by atoms with Crippen LogP contribution in [0.2, 0.25) is 0 Å². The Hall–Kier alpha value is -0.530. The van der Waals surface area contributed by atoms with Gasteiger partial charge in [0.1, 0.15) is 0 Å². The van der Waals surface area contributed by atoms with Crippen LogP contribution in [0.3, 0.4) is 0 Å². The van der Waals surface area contributed by atoms with Crippen molar-refractivity contribution in [2.45, 2.75) is 53.9 Å². The number of hydrogen-bond donors (Lipinski definition) is 1. The summed E-state index contributed by atoms with van der Waals surface area (Å²) in [5.41, 5.74) is 0. The van der Waals surface area contributed by atoms with E-state index in [1.807, 2.05) is 27.7 Å². The van der Waals surface area contributed by atoms with Crippen LogP contribution in [0, 0.1) is 5.92 Å². The van der Waals surface area contributed by atoms with Crippen molar-refractivity contribution in [1.82, 2.24) is 5.32 Å². The molecule has 2 heteroatoms. The second-order valence-electron chi connectivity index (χ2n) is 2.94. The van der Waals surface area contributed by atoms with Crippen LogP contribution >= 0.6 is 0 Å². The molecule has 0 aromatic rings. The standard InChI is InChI=1S/C9H19NO.C2H6/c1-4-6-7-8(3)9(11)10-5-2;1-2/h8H,4-7H2,1-3H3,(H,10,11);1-2H3. The molecule has 1 unspecified atom stereocenters. The number of nitrogens with one attached hydrogen (secondary N) is 1. The third-order valence-electron chi connectivity index (χ3n) is 1.79. The predicted octanol–water partition coefficient (Wildman–Crippen LogP) is 2.98. The maximum absolute atomic E-state index is 11.1. The molecule has 0 radical (unpaired) electrons. The van der Waals surface area contributed by atoms with Gasteiger partial charge in [-0.2, -0.15) is 0 Å². The molecule has 1 amide bonds. The predicted molar refractivity (Wildman–Crippen MR) is 58.7 cm³/mol. The fraction of sp³-hybridized carbons (Fsp3) is 0.909. The molecule has 0 aliphatic carbocycles. The zero-order valence-electron chi connectivity index (χ0n) is 9.81. The van der Waals surface area contributed by atoms with E-state index in [1.54, 1.807) is 0 Å². The molecule has 0 saturated heterocycles. The molecule has 0 rings (SSSR count). The first-order valence-electron chi connectivity index (χ1n) is 5.50. The van der Waals surface area contributed by atoms with E-state index < -0.39 is 0 Å². The van der Waals surface area contributed by atoms with Gasteiger partial charge in [-0.25, -0.2) is 0 Å². The van der Waals surface area contributed by atoms with E-state index in [1.165, 1.54) is 6.42 Å². The Morgan fingerprint density at radius 1 is 1.31 bits per heavy atom. The van der Waals surface area contributed by atoms with E-state index in [0.717, 1.165) is 19.4 Å². The summed E-state index contributed by atoms with van der Waals surface area (Å²) in [5.74, 6) is 0.385. The average Bonchev–Trinajstić information content (AvgIpc) is 2.17. The first-order chi connectivity index (χ1) is 6.22. The number of amides is 1. The van der Waals surface area contributed by atoms with Crippen molar-refractivity contribution in [3.8, 4) is 0 Å². The molecule has 0 saturated carbocycles. The molecule has 1 atom stereocenters. The van der Waals surface area contributed by atoms with Crippen LogP contribution in [-0.4, -0.2) is 12.5 Å². The Balaban J connectivity index is 0. The summed E-state index contributed by atoms with van der Waals surface area (Å²) in [6.45, 7) is 10.8. The van der Waals surface area contributed by atoms with Gasteiger partial charge >= 0.3 is 0 Å². The molecule has 0 heterocycles. The molecular weight excluding hydrogens is 162 g/mol. The van der Waals surface area contributed by atoms with Crippen molar-refractivity contribution < 1.29 is 4.79 Å². The monoisotopic (exact) mass is 187 g/mol. The van der Waals surface area contributed by atoms with E-state index in [4.69, 9.17) is 0 Å². The molecule has 0 fully saturated rings. The summed E-state index contributed by atoms with van der Waals surface area (Å²) < 4.78 is 0. The molecule has 0 spiro atoms. The van der Waals surface area contributed by atoms with Gasteiger partial charge in [0.25, 0.3) is 0 Å². The minimum absolute atomic E-state index is 0.190. The number of carbonyl (C=O) groups is 1. The van der Waals surface area contributed by atoms with Crippen LogP contribution in [0.15, 0.2) is 0 Å². The Kier molecular flexibility index (Phi) is 13.2. The Morgan fingerprint density at radius 2 is 1.85 bits per heavy atom. The summed E-state index contributed by atoms with van der Waals surface area (Å²) in [6, 6.07) is 0. The maximum Gasteiger partial charge on any atom is 0.222 e. The smallest absolute Gasteiger partial charge is 0.222 e. The third-order valence-corrected chi connectivity index (χ3v) is 1.79. The minimum Gasteiger partial charge on any atom is -0.356 e. The van der Waals surface area contributed by atoms with E-state index in [2.05, 4.69) is 12.2 Å². The van der Waals surface area contributed by atoms with E-state index >= 15 is 0 Å². The van der Waals surface area contributed by atoms with E-state index in [0.29, 0.717) is 0 Å². The molecule has 80 valence electrons. The fourth-order valence-corrected chi connectivity index (χ4v) is 0.990. The lowest BCUT2D eigenvalue weighted by molar-refractivity contribution is -0.124. The van der Waals surface area contributed by atoms with Gasteiger partial charge < -0.3 is 5.32 Å². The van der Waals surface area contributed by atoms with Gasteiger partial charge in [0.15, 0.2) is 0 Å². The quantitative estimate of drug-likeness (QED) is 0.704. The lowest BCUT2D eigenvalue weighted by atomic mass is 10.0. The number of hydrogen-bond acceptors (Lipinski definition) is 1. The minimum atomic E-state index is 0.190.